The summed E-state index contributed by atoms with van der Waals surface area (Å²) in [6, 6.07) is 1.85. The van der Waals surface area contributed by atoms with Crippen LogP contribution in [0.2, 0.25) is 0 Å². The SMILES string of the molecule is Cc1cc(C)n(Cc2nc(C3CCOC3)no2)c(=O)n1. The standard InChI is InChI=1S/C13H16N4O3/c1-8-5-9(2)17(13(18)14-8)6-11-15-12(16-20-11)10-3-4-19-7-10/h5,10H,3-4,6-7H2,1-2H3. The molecular formula is C13H16N4O3. The average Bonchev–Trinajstić information content (AvgIpc) is 3.04. The van der Waals surface area contributed by atoms with Crippen molar-refractivity contribution in [2.24, 2.45) is 0 Å². The first-order valence-corrected chi connectivity index (χ1v) is 6.59. The summed E-state index contributed by atoms with van der Waals surface area (Å²) in [7, 11) is 0. The predicted octanol–water partition coefficient (Wildman–Crippen LogP) is 0.795. The minimum Gasteiger partial charge on any atom is -0.381 e. The quantitative estimate of drug-likeness (QED) is 0.824. The van der Waals surface area contributed by atoms with Gasteiger partial charge in [0.2, 0.25) is 5.89 Å². The smallest absolute Gasteiger partial charge is 0.348 e. The van der Waals surface area contributed by atoms with Gasteiger partial charge >= 0.3 is 5.69 Å². The molecule has 7 heteroatoms. The van der Waals surface area contributed by atoms with Crippen LogP contribution >= 0.6 is 0 Å². The predicted molar refractivity (Wildman–Crippen MR) is 69.5 cm³/mol. The fourth-order valence-corrected chi connectivity index (χ4v) is 2.34. The zero-order valence-electron chi connectivity index (χ0n) is 11.5. The first kappa shape index (κ1) is 13.0. The molecule has 3 rings (SSSR count). The van der Waals surface area contributed by atoms with E-state index in [1.807, 2.05) is 13.0 Å². The van der Waals surface area contributed by atoms with Gasteiger partial charge in [-0.3, -0.25) is 4.57 Å². The first-order valence-electron chi connectivity index (χ1n) is 6.59. The second-order valence-electron chi connectivity index (χ2n) is 5.01. The summed E-state index contributed by atoms with van der Waals surface area (Å²) in [4.78, 5) is 20.1. The molecule has 1 aliphatic heterocycles. The Hall–Kier alpha value is -2.02. The molecule has 20 heavy (non-hydrogen) atoms. The van der Waals surface area contributed by atoms with E-state index >= 15 is 0 Å². The molecule has 3 heterocycles. The van der Waals surface area contributed by atoms with Crippen LogP contribution < -0.4 is 5.69 Å². The summed E-state index contributed by atoms with van der Waals surface area (Å²) in [5, 5.41) is 3.97. The Morgan fingerprint density at radius 1 is 1.40 bits per heavy atom. The van der Waals surface area contributed by atoms with Gasteiger partial charge in [-0.05, 0) is 26.3 Å². The molecule has 106 valence electrons. The van der Waals surface area contributed by atoms with E-state index in [2.05, 4.69) is 15.1 Å². The summed E-state index contributed by atoms with van der Waals surface area (Å²) in [6.07, 6.45) is 0.907. The highest BCUT2D eigenvalue weighted by Crippen LogP contribution is 2.22. The van der Waals surface area contributed by atoms with Gasteiger partial charge in [0.25, 0.3) is 0 Å². The van der Waals surface area contributed by atoms with Crippen LogP contribution in [-0.4, -0.2) is 32.9 Å². The molecule has 0 aliphatic carbocycles. The van der Waals surface area contributed by atoms with Gasteiger partial charge < -0.3 is 9.26 Å². The van der Waals surface area contributed by atoms with Crippen LogP contribution in [0.15, 0.2) is 15.4 Å². The maximum absolute atomic E-state index is 11.9. The maximum atomic E-state index is 11.9. The lowest BCUT2D eigenvalue weighted by Gasteiger charge is -2.06. The molecule has 0 N–H and O–H groups in total. The topological polar surface area (TPSA) is 83.0 Å². The normalized spacial score (nSPS) is 18.6. The molecule has 1 saturated heterocycles. The van der Waals surface area contributed by atoms with E-state index in [1.54, 1.807) is 6.92 Å². The Morgan fingerprint density at radius 3 is 2.95 bits per heavy atom. The molecule has 2 aromatic heterocycles. The lowest BCUT2D eigenvalue weighted by atomic mass is 10.1. The lowest BCUT2D eigenvalue weighted by Crippen LogP contribution is -2.26. The van der Waals surface area contributed by atoms with Gasteiger partial charge in [-0.1, -0.05) is 5.16 Å². The van der Waals surface area contributed by atoms with E-state index in [0.717, 1.165) is 18.7 Å². The summed E-state index contributed by atoms with van der Waals surface area (Å²) < 4.78 is 12.0. The highest BCUT2D eigenvalue weighted by atomic mass is 16.5. The molecule has 1 aliphatic rings. The van der Waals surface area contributed by atoms with Crippen molar-refractivity contribution in [3.8, 4) is 0 Å². The van der Waals surface area contributed by atoms with E-state index in [1.165, 1.54) is 4.57 Å². The van der Waals surface area contributed by atoms with Gasteiger partial charge in [-0.2, -0.15) is 9.97 Å². The van der Waals surface area contributed by atoms with Crippen LogP contribution in [0.5, 0.6) is 0 Å². The molecule has 0 radical (unpaired) electrons. The Kier molecular flexibility index (Phi) is 3.35. The second kappa shape index (κ2) is 5.16. The second-order valence-corrected chi connectivity index (χ2v) is 5.01. The average molecular weight is 276 g/mol. The van der Waals surface area contributed by atoms with Crippen LogP contribution in [-0.2, 0) is 11.3 Å². The van der Waals surface area contributed by atoms with E-state index in [9.17, 15) is 4.79 Å². The summed E-state index contributed by atoms with van der Waals surface area (Å²) >= 11 is 0. The van der Waals surface area contributed by atoms with Crippen molar-refractivity contribution in [3.05, 3.63) is 39.7 Å². The van der Waals surface area contributed by atoms with Gasteiger partial charge in [0, 0.05) is 23.9 Å². The molecule has 0 saturated carbocycles. The van der Waals surface area contributed by atoms with Crippen molar-refractivity contribution in [2.45, 2.75) is 32.7 Å². The molecular weight excluding hydrogens is 260 g/mol. The summed E-state index contributed by atoms with van der Waals surface area (Å²) in [5.41, 5.74) is 1.23. The van der Waals surface area contributed by atoms with Crippen LogP contribution in [0.4, 0.5) is 0 Å². The highest BCUT2D eigenvalue weighted by Gasteiger charge is 2.23. The Balaban J connectivity index is 1.83. The largest absolute Gasteiger partial charge is 0.381 e. The Bertz CT molecular complexity index is 670. The zero-order chi connectivity index (χ0) is 14.1. The molecule has 0 amide bonds. The van der Waals surface area contributed by atoms with E-state index < -0.39 is 0 Å². The number of rotatable bonds is 3. The fraction of sp³-hybridized carbons (Fsp3) is 0.538. The van der Waals surface area contributed by atoms with Crippen molar-refractivity contribution >= 4 is 0 Å². The van der Waals surface area contributed by atoms with Gasteiger partial charge in [0.15, 0.2) is 5.82 Å². The Morgan fingerprint density at radius 2 is 2.25 bits per heavy atom. The lowest BCUT2D eigenvalue weighted by molar-refractivity contribution is 0.192. The summed E-state index contributed by atoms with van der Waals surface area (Å²) in [5.74, 6) is 1.27. The number of aromatic nitrogens is 4. The maximum Gasteiger partial charge on any atom is 0.348 e. The third-order valence-corrected chi connectivity index (χ3v) is 3.42. The molecule has 1 unspecified atom stereocenters. The number of ether oxygens (including phenoxy) is 1. The molecule has 2 aromatic rings. The van der Waals surface area contributed by atoms with E-state index in [4.69, 9.17) is 9.26 Å². The zero-order valence-corrected chi connectivity index (χ0v) is 11.5. The monoisotopic (exact) mass is 276 g/mol. The molecule has 0 spiro atoms. The summed E-state index contributed by atoms with van der Waals surface area (Å²) in [6.45, 7) is 5.26. The fourth-order valence-electron chi connectivity index (χ4n) is 2.34. The van der Waals surface area contributed by atoms with Crippen LogP contribution in [0.25, 0.3) is 0 Å². The van der Waals surface area contributed by atoms with E-state index in [-0.39, 0.29) is 18.2 Å². The molecule has 7 nitrogen and oxygen atoms in total. The van der Waals surface area contributed by atoms with Crippen molar-refractivity contribution < 1.29 is 9.26 Å². The third-order valence-electron chi connectivity index (χ3n) is 3.42. The van der Waals surface area contributed by atoms with Crippen LogP contribution in [0.3, 0.4) is 0 Å². The highest BCUT2D eigenvalue weighted by molar-refractivity contribution is 5.08. The number of hydrogen-bond acceptors (Lipinski definition) is 6. The molecule has 0 bridgehead atoms. The molecule has 1 fully saturated rings. The van der Waals surface area contributed by atoms with Crippen molar-refractivity contribution in [3.63, 3.8) is 0 Å². The Labute approximate surface area is 115 Å². The first-order chi connectivity index (χ1) is 9.63. The number of hydrogen-bond donors (Lipinski definition) is 0. The van der Waals surface area contributed by atoms with Gasteiger partial charge in [-0.25, -0.2) is 4.79 Å². The minimum atomic E-state index is -0.300. The van der Waals surface area contributed by atoms with Crippen molar-refractivity contribution in [1.29, 1.82) is 0 Å². The van der Waals surface area contributed by atoms with Crippen LogP contribution in [0.1, 0.15) is 35.4 Å². The van der Waals surface area contributed by atoms with Gasteiger partial charge in [-0.15, -0.1) is 0 Å². The number of nitrogens with zero attached hydrogens (tertiary/aromatic N) is 4. The molecule has 1 atom stereocenters. The minimum absolute atomic E-state index is 0.196. The van der Waals surface area contributed by atoms with Gasteiger partial charge in [0.05, 0.1) is 6.61 Å². The van der Waals surface area contributed by atoms with Gasteiger partial charge in [0.1, 0.15) is 6.54 Å². The molecule has 0 aromatic carbocycles. The van der Waals surface area contributed by atoms with E-state index in [0.29, 0.717) is 24.0 Å². The van der Waals surface area contributed by atoms with Crippen molar-refractivity contribution in [1.82, 2.24) is 19.7 Å². The van der Waals surface area contributed by atoms with Crippen molar-refractivity contribution in [2.75, 3.05) is 13.2 Å². The number of aryl methyl sites for hydroxylation is 2. The third kappa shape index (κ3) is 2.49. The van der Waals surface area contributed by atoms with Crippen LogP contribution in [0, 0.1) is 13.8 Å².